The monoisotopic (exact) mass is 203 g/mol. The second kappa shape index (κ2) is 5.93. The Hall–Kier alpha value is -0.680. The maximum Gasteiger partial charge on any atom is 0.231 e. The highest BCUT2D eigenvalue weighted by Gasteiger charge is 2.11. The van der Waals surface area contributed by atoms with Crippen LogP contribution in [0.3, 0.4) is 0 Å². The van der Waals surface area contributed by atoms with E-state index in [-0.39, 0.29) is 6.54 Å². The van der Waals surface area contributed by atoms with Crippen LogP contribution in [0.15, 0.2) is 0 Å². The zero-order valence-corrected chi connectivity index (χ0v) is 9.25. The first-order chi connectivity index (χ1) is 6.31. The number of nitrogens with one attached hydrogen (secondary N) is 1. The van der Waals surface area contributed by atoms with Gasteiger partial charge >= 0.3 is 0 Å². The van der Waals surface area contributed by atoms with Crippen LogP contribution in [-0.2, 0) is 0 Å². The standard InChI is InChI=1S/C9H21N3O2/c1-9(2,3)5-4-6-11-8(10)7-12(13)14/h8,11H,4-7,10H2,1-3H3. The van der Waals surface area contributed by atoms with E-state index in [0.29, 0.717) is 5.41 Å². The van der Waals surface area contributed by atoms with E-state index in [1.54, 1.807) is 0 Å². The third-order valence-electron chi connectivity index (χ3n) is 1.86. The van der Waals surface area contributed by atoms with Crippen LogP contribution in [0, 0.1) is 15.5 Å². The summed E-state index contributed by atoms with van der Waals surface area (Å²) in [7, 11) is 0. The van der Waals surface area contributed by atoms with Crippen LogP contribution in [0.2, 0.25) is 0 Å². The van der Waals surface area contributed by atoms with Crippen molar-refractivity contribution >= 4 is 0 Å². The van der Waals surface area contributed by atoms with Crippen molar-refractivity contribution in [3.05, 3.63) is 10.1 Å². The summed E-state index contributed by atoms with van der Waals surface area (Å²) in [6.07, 6.45) is 1.56. The Morgan fingerprint density at radius 3 is 2.50 bits per heavy atom. The van der Waals surface area contributed by atoms with Crippen molar-refractivity contribution in [1.29, 1.82) is 0 Å². The molecule has 0 heterocycles. The van der Waals surface area contributed by atoms with E-state index in [9.17, 15) is 10.1 Å². The average Bonchev–Trinajstić information content (AvgIpc) is 1.95. The number of nitrogens with zero attached hydrogens (tertiary/aromatic N) is 1. The van der Waals surface area contributed by atoms with Gasteiger partial charge in [-0.15, -0.1) is 0 Å². The number of hydrogen-bond donors (Lipinski definition) is 2. The van der Waals surface area contributed by atoms with Gasteiger partial charge in [-0.1, -0.05) is 20.8 Å². The molecule has 0 fully saturated rings. The molecule has 0 aliphatic heterocycles. The summed E-state index contributed by atoms with van der Waals surface area (Å²) in [5.74, 6) is 0. The predicted molar refractivity (Wildman–Crippen MR) is 56.5 cm³/mol. The Labute approximate surface area is 85.2 Å². The molecule has 0 bridgehead atoms. The quantitative estimate of drug-likeness (QED) is 0.291. The minimum Gasteiger partial charge on any atom is -0.310 e. The molecule has 0 spiro atoms. The van der Waals surface area contributed by atoms with Gasteiger partial charge in [0, 0.05) is 4.92 Å². The molecule has 5 nitrogen and oxygen atoms in total. The Kier molecular flexibility index (Phi) is 5.64. The molecule has 0 amide bonds. The highest BCUT2D eigenvalue weighted by molar-refractivity contribution is 4.63. The van der Waals surface area contributed by atoms with Crippen molar-refractivity contribution in [1.82, 2.24) is 5.32 Å². The van der Waals surface area contributed by atoms with Crippen LogP contribution in [0.1, 0.15) is 33.6 Å². The molecular formula is C9H21N3O2. The summed E-state index contributed by atoms with van der Waals surface area (Å²) in [6.45, 7) is 7.04. The zero-order chi connectivity index (χ0) is 11.2. The summed E-state index contributed by atoms with van der Waals surface area (Å²) >= 11 is 0. The fourth-order valence-corrected chi connectivity index (χ4v) is 1.13. The Morgan fingerprint density at radius 1 is 1.50 bits per heavy atom. The van der Waals surface area contributed by atoms with E-state index < -0.39 is 11.1 Å². The van der Waals surface area contributed by atoms with Crippen LogP contribution in [0.4, 0.5) is 0 Å². The third-order valence-corrected chi connectivity index (χ3v) is 1.86. The first-order valence-electron chi connectivity index (χ1n) is 4.92. The topological polar surface area (TPSA) is 81.2 Å². The van der Waals surface area contributed by atoms with Crippen molar-refractivity contribution in [2.45, 2.75) is 39.8 Å². The Balaban J connectivity index is 3.41. The lowest BCUT2D eigenvalue weighted by Gasteiger charge is -2.18. The van der Waals surface area contributed by atoms with E-state index in [4.69, 9.17) is 5.73 Å². The van der Waals surface area contributed by atoms with Crippen LogP contribution in [0.5, 0.6) is 0 Å². The van der Waals surface area contributed by atoms with E-state index in [2.05, 4.69) is 26.1 Å². The summed E-state index contributed by atoms with van der Waals surface area (Å²) in [5.41, 5.74) is 5.79. The molecule has 3 N–H and O–H groups in total. The molecule has 0 aromatic heterocycles. The van der Waals surface area contributed by atoms with E-state index in [1.807, 2.05) is 0 Å². The lowest BCUT2D eigenvalue weighted by atomic mass is 9.91. The molecule has 0 saturated heterocycles. The normalized spacial score (nSPS) is 14.0. The molecular weight excluding hydrogens is 182 g/mol. The van der Waals surface area contributed by atoms with Gasteiger partial charge in [0.1, 0.15) is 6.17 Å². The molecule has 84 valence electrons. The van der Waals surface area contributed by atoms with Gasteiger partial charge in [-0.25, -0.2) is 0 Å². The lowest BCUT2D eigenvalue weighted by Crippen LogP contribution is -2.43. The van der Waals surface area contributed by atoms with Gasteiger partial charge in [0.15, 0.2) is 0 Å². The lowest BCUT2D eigenvalue weighted by molar-refractivity contribution is -0.483. The van der Waals surface area contributed by atoms with Gasteiger partial charge in [-0.3, -0.25) is 15.4 Å². The summed E-state index contributed by atoms with van der Waals surface area (Å²) < 4.78 is 0. The van der Waals surface area contributed by atoms with Gasteiger partial charge in [-0.2, -0.15) is 0 Å². The molecule has 0 rings (SSSR count). The van der Waals surface area contributed by atoms with E-state index in [1.165, 1.54) is 0 Å². The molecule has 0 radical (unpaired) electrons. The molecule has 0 aromatic rings. The highest BCUT2D eigenvalue weighted by atomic mass is 16.6. The number of nitrogens with two attached hydrogens (primary N) is 1. The minimum absolute atomic E-state index is 0.213. The zero-order valence-electron chi connectivity index (χ0n) is 9.25. The number of hydrogen-bond acceptors (Lipinski definition) is 4. The van der Waals surface area contributed by atoms with Crippen molar-refractivity contribution < 1.29 is 4.92 Å². The van der Waals surface area contributed by atoms with Crippen molar-refractivity contribution in [2.24, 2.45) is 11.1 Å². The molecule has 1 unspecified atom stereocenters. The summed E-state index contributed by atoms with van der Waals surface area (Å²) in [6, 6.07) is 0. The minimum atomic E-state index is -0.523. The second-order valence-electron chi connectivity index (χ2n) is 4.74. The maximum atomic E-state index is 10.1. The fourth-order valence-electron chi connectivity index (χ4n) is 1.13. The van der Waals surface area contributed by atoms with Gasteiger partial charge in [-0.05, 0) is 24.8 Å². The largest absolute Gasteiger partial charge is 0.310 e. The molecule has 0 aliphatic rings. The molecule has 0 aromatic carbocycles. The van der Waals surface area contributed by atoms with E-state index >= 15 is 0 Å². The third kappa shape index (κ3) is 9.41. The van der Waals surface area contributed by atoms with Crippen LogP contribution in [-0.4, -0.2) is 24.2 Å². The SMILES string of the molecule is CC(C)(C)CCCNC(N)C[N+](=O)[O-]. The first kappa shape index (κ1) is 13.3. The molecule has 1 atom stereocenters. The van der Waals surface area contributed by atoms with E-state index in [0.717, 1.165) is 19.4 Å². The van der Waals surface area contributed by atoms with Gasteiger partial charge in [0.25, 0.3) is 0 Å². The second-order valence-corrected chi connectivity index (χ2v) is 4.74. The average molecular weight is 203 g/mol. The van der Waals surface area contributed by atoms with Crippen molar-refractivity contribution in [3.8, 4) is 0 Å². The number of nitro groups is 1. The van der Waals surface area contributed by atoms with Crippen LogP contribution < -0.4 is 11.1 Å². The maximum absolute atomic E-state index is 10.1. The fraction of sp³-hybridized carbons (Fsp3) is 1.00. The smallest absolute Gasteiger partial charge is 0.231 e. The van der Waals surface area contributed by atoms with Crippen LogP contribution in [0.25, 0.3) is 0 Å². The molecule has 5 heteroatoms. The molecule has 14 heavy (non-hydrogen) atoms. The highest BCUT2D eigenvalue weighted by Crippen LogP contribution is 2.19. The predicted octanol–water partition coefficient (Wildman–Crippen LogP) is 0.964. The van der Waals surface area contributed by atoms with Gasteiger partial charge in [0.05, 0.1) is 0 Å². The summed E-state index contributed by atoms with van der Waals surface area (Å²) in [5, 5.41) is 13.0. The Morgan fingerprint density at radius 2 is 2.07 bits per heavy atom. The molecule has 0 saturated carbocycles. The van der Waals surface area contributed by atoms with Gasteiger partial charge < -0.3 is 5.73 Å². The van der Waals surface area contributed by atoms with Crippen LogP contribution >= 0.6 is 0 Å². The summed E-state index contributed by atoms with van der Waals surface area (Å²) in [4.78, 5) is 9.69. The molecule has 0 aliphatic carbocycles. The van der Waals surface area contributed by atoms with Crippen molar-refractivity contribution in [2.75, 3.05) is 13.1 Å². The van der Waals surface area contributed by atoms with Gasteiger partial charge in [0.2, 0.25) is 6.54 Å². The number of rotatable bonds is 6. The Bertz CT molecular complexity index is 177. The van der Waals surface area contributed by atoms with Crippen molar-refractivity contribution in [3.63, 3.8) is 0 Å². The first-order valence-corrected chi connectivity index (χ1v) is 4.92.